The van der Waals surface area contributed by atoms with Crippen molar-refractivity contribution in [2.24, 2.45) is 0 Å². The predicted octanol–water partition coefficient (Wildman–Crippen LogP) is 4.52. The summed E-state index contributed by atoms with van der Waals surface area (Å²) in [7, 11) is -2.21. The molecule has 0 aromatic carbocycles. The van der Waals surface area contributed by atoms with Crippen molar-refractivity contribution in [2.45, 2.75) is 96.9 Å². The quantitative estimate of drug-likeness (QED) is 0.183. The van der Waals surface area contributed by atoms with Crippen LogP contribution in [0.2, 0.25) is 0 Å². The first kappa shape index (κ1) is 35.8. The van der Waals surface area contributed by atoms with Crippen LogP contribution in [-0.4, -0.2) is 83.6 Å². The van der Waals surface area contributed by atoms with Crippen LogP contribution in [0.5, 0.6) is 0 Å². The van der Waals surface area contributed by atoms with Crippen LogP contribution in [0.25, 0.3) is 0 Å². The third kappa shape index (κ3) is 9.82. The maximum atomic E-state index is 16.1. The Morgan fingerprint density at radius 1 is 1.15 bits per heavy atom. The molecule has 0 amide bonds. The fourth-order valence-corrected chi connectivity index (χ4v) is 7.57. The molecule has 0 bridgehead atoms. The van der Waals surface area contributed by atoms with Gasteiger partial charge in [-0.15, -0.1) is 0 Å². The van der Waals surface area contributed by atoms with E-state index < -0.39 is 65.0 Å². The highest BCUT2D eigenvalue weighted by molar-refractivity contribution is 7.47. The lowest BCUT2D eigenvalue weighted by molar-refractivity contribution is -0.163. The topological polar surface area (TPSA) is 137 Å². The number of hydrogen-bond acceptors (Lipinski definition) is 10. The number of hydrogen-bond donors (Lipinski definition) is 1. The van der Waals surface area contributed by atoms with E-state index in [0.717, 1.165) is 10.6 Å². The van der Waals surface area contributed by atoms with Crippen LogP contribution >= 0.6 is 16.9 Å². The molecular weight excluding hydrogens is 584 g/mol. The number of nitriles is 1. The summed E-state index contributed by atoms with van der Waals surface area (Å²) >= 11 is 0. The van der Waals surface area contributed by atoms with Gasteiger partial charge in [0.2, 0.25) is 0 Å². The van der Waals surface area contributed by atoms with E-state index in [9.17, 15) is 9.59 Å². The van der Waals surface area contributed by atoms with Crippen LogP contribution in [0.3, 0.4) is 0 Å². The summed E-state index contributed by atoms with van der Waals surface area (Å²) in [5, 5.41) is 9.04. The number of rotatable bonds is 18. The van der Waals surface area contributed by atoms with E-state index in [0.29, 0.717) is 13.2 Å². The predicted molar refractivity (Wildman–Crippen MR) is 151 cm³/mol. The van der Waals surface area contributed by atoms with Gasteiger partial charge in [0.15, 0.2) is 20.7 Å². The molecule has 2 heterocycles. The molecule has 1 N–H and O–H groups in total. The smallest absolute Gasteiger partial charge is 0.330 e. The minimum atomic E-state index is -3.47. The molecule has 41 heavy (non-hydrogen) atoms. The molecule has 234 valence electrons. The van der Waals surface area contributed by atoms with Crippen molar-refractivity contribution in [3.8, 4) is 6.07 Å². The van der Waals surface area contributed by atoms with Crippen LogP contribution in [0.1, 0.15) is 60.6 Å². The SMILES string of the molecule is CCOP(CCC(F)(F)C1OC(n2ccc(=O)[nH]c2=O)C(OC)C1OP(OCCC#N)N(C(C)C)C(C)C)OCC. The highest BCUT2D eigenvalue weighted by Gasteiger charge is 2.59. The van der Waals surface area contributed by atoms with Crippen LogP contribution in [0.4, 0.5) is 8.78 Å². The molecule has 0 aliphatic carbocycles. The summed E-state index contributed by atoms with van der Waals surface area (Å²) in [6.45, 7) is 11.9. The van der Waals surface area contributed by atoms with E-state index in [2.05, 4.69) is 4.98 Å². The molecule has 1 aliphatic rings. The number of nitrogens with one attached hydrogen (secondary N) is 1. The normalized spacial score (nSPS) is 22.2. The van der Waals surface area contributed by atoms with Gasteiger partial charge in [-0.25, -0.2) is 18.2 Å². The summed E-state index contributed by atoms with van der Waals surface area (Å²) < 4.78 is 69.9. The summed E-state index contributed by atoms with van der Waals surface area (Å²) in [5.41, 5.74) is -1.49. The maximum Gasteiger partial charge on any atom is 0.330 e. The molecule has 0 spiro atoms. The van der Waals surface area contributed by atoms with Crippen molar-refractivity contribution in [1.82, 2.24) is 14.2 Å². The van der Waals surface area contributed by atoms with Gasteiger partial charge in [-0.2, -0.15) is 5.26 Å². The molecule has 12 nitrogen and oxygen atoms in total. The molecule has 5 unspecified atom stereocenters. The first-order valence-corrected chi connectivity index (χ1v) is 16.1. The van der Waals surface area contributed by atoms with E-state index >= 15 is 8.78 Å². The fourth-order valence-electron chi connectivity index (χ4n) is 4.43. The van der Waals surface area contributed by atoms with E-state index in [-0.39, 0.29) is 31.3 Å². The van der Waals surface area contributed by atoms with Gasteiger partial charge in [0, 0.05) is 44.0 Å². The highest BCUT2D eigenvalue weighted by Crippen LogP contribution is 2.53. The zero-order chi connectivity index (χ0) is 30.7. The van der Waals surface area contributed by atoms with Gasteiger partial charge in [-0.1, -0.05) is 0 Å². The van der Waals surface area contributed by atoms with Crippen molar-refractivity contribution < 1.29 is 36.3 Å². The second-order valence-corrected chi connectivity index (χ2v) is 12.7. The molecule has 0 radical (unpaired) electrons. The number of halogens is 2. The molecule has 1 aliphatic heterocycles. The molecule has 0 saturated carbocycles. The second kappa shape index (κ2) is 17.0. The first-order valence-electron chi connectivity index (χ1n) is 13.6. The Balaban J connectivity index is 2.53. The van der Waals surface area contributed by atoms with Gasteiger partial charge in [-0.3, -0.25) is 14.3 Å². The number of nitrogens with zero attached hydrogens (tertiary/aromatic N) is 3. The Bertz CT molecular complexity index is 1070. The summed E-state index contributed by atoms with van der Waals surface area (Å²) in [5.74, 6) is -3.47. The van der Waals surface area contributed by atoms with Gasteiger partial charge >= 0.3 is 5.69 Å². The molecule has 16 heteroatoms. The van der Waals surface area contributed by atoms with Crippen LogP contribution in [0.15, 0.2) is 21.9 Å². The Kier molecular flexibility index (Phi) is 14.9. The number of aromatic nitrogens is 2. The molecule has 1 aromatic heterocycles. The lowest BCUT2D eigenvalue weighted by Crippen LogP contribution is -2.46. The largest absolute Gasteiger partial charge is 0.374 e. The Hall–Kier alpha value is -1.39. The molecule has 2 rings (SSSR count). The van der Waals surface area contributed by atoms with Crippen molar-refractivity contribution in [3.05, 3.63) is 33.1 Å². The maximum absolute atomic E-state index is 16.1. The van der Waals surface area contributed by atoms with E-state index in [1.54, 1.807) is 13.8 Å². The number of alkyl halides is 2. The first-order chi connectivity index (χ1) is 19.4. The third-order valence-corrected chi connectivity index (χ3v) is 9.86. The van der Waals surface area contributed by atoms with Gasteiger partial charge < -0.3 is 27.6 Å². The van der Waals surface area contributed by atoms with Crippen molar-refractivity contribution in [1.29, 1.82) is 5.26 Å². The molecular formula is C25H42F2N4O8P2. The Morgan fingerprint density at radius 2 is 1.78 bits per heavy atom. The number of aromatic amines is 1. The average Bonchev–Trinajstić information content (AvgIpc) is 3.26. The van der Waals surface area contributed by atoms with Crippen LogP contribution < -0.4 is 11.2 Å². The number of methoxy groups -OCH3 is 1. The zero-order valence-electron chi connectivity index (χ0n) is 24.6. The zero-order valence-corrected chi connectivity index (χ0v) is 26.4. The highest BCUT2D eigenvalue weighted by atomic mass is 31.2. The van der Waals surface area contributed by atoms with Gasteiger partial charge in [0.05, 0.1) is 32.3 Å². The second-order valence-electron chi connectivity index (χ2n) is 9.68. The monoisotopic (exact) mass is 626 g/mol. The number of H-pyrrole nitrogens is 1. The van der Waals surface area contributed by atoms with Crippen molar-refractivity contribution in [3.63, 3.8) is 0 Å². The minimum Gasteiger partial charge on any atom is -0.374 e. The fraction of sp³-hybridized carbons (Fsp3) is 0.800. The van der Waals surface area contributed by atoms with E-state index in [4.69, 9.17) is 32.8 Å². The van der Waals surface area contributed by atoms with Crippen LogP contribution in [-0.2, 0) is 27.6 Å². The standard InChI is InChI=1S/C25H42F2N4O8P2/c1-8-35-40(36-9-2)16-12-25(26,27)22-20(39-41(37-15-10-13-28)31(17(3)4)18(5)6)21(34-7)23(38-22)30-14-11-19(32)29-24(30)33/h11,14,17-18,20-23H,8-10,12,15-16H2,1-7H3,(H,29,32,33). The van der Waals surface area contributed by atoms with E-state index in [1.807, 2.05) is 38.4 Å². The van der Waals surface area contributed by atoms with Gasteiger partial charge in [0.1, 0.15) is 12.2 Å². The molecule has 1 fully saturated rings. The lowest BCUT2D eigenvalue weighted by Gasteiger charge is -2.38. The summed E-state index contributed by atoms with van der Waals surface area (Å²) in [6, 6.07) is 2.91. The third-order valence-electron chi connectivity index (χ3n) is 6.05. The molecule has 1 saturated heterocycles. The lowest BCUT2D eigenvalue weighted by atomic mass is 10.0. The summed E-state index contributed by atoms with van der Waals surface area (Å²) in [6.07, 6.45) is -5.23. The van der Waals surface area contributed by atoms with Gasteiger partial charge in [-0.05, 0) is 41.5 Å². The minimum absolute atomic E-state index is 0.0280. The summed E-state index contributed by atoms with van der Waals surface area (Å²) in [4.78, 5) is 26.4. The molecule has 5 atom stereocenters. The van der Waals surface area contributed by atoms with E-state index in [1.165, 1.54) is 13.3 Å². The van der Waals surface area contributed by atoms with Gasteiger partial charge in [0.25, 0.3) is 20.0 Å². The van der Waals surface area contributed by atoms with Crippen molar-refractivity contribution >= 4 is 16.9 Å². The Morgan fingerprint density at radius 3 is 2.29 bits per heavy atom. The number of ether oxygens (including phenoxy) is 2. The van der Waals surface area contributed by atoms with Crippen LogP contribution in [0, 0.1) is 11.3 Å². The average molecular weight is 627 g/mol. The van der Waals surface area contributed by atoms with Crippen molar-refractivity contribution in [2.75, 3.05) is 33.1 Å². The molecule has 1 aromatic rings. The Labute approximate surface area is 242 Å².